The minimum Gasteiger partial charge on any atom is -0.376 e. The van der Waals surface area contributed by atoms with Crippen molar-refractivity contribution in [2.45, 2.75) is 18.9 Å². The summed E-state index contributed by atoms with van der Waals surface area (Å²) in [7, 11) is 0. The van der Waals surface area contributed by atoms with Crippen molar-refractivity contribution in [3.63, 3.8) is 0 Å². The van der Waals surface area contributed by atoms with Crippen LogP contribution >= 0.6 is 15.9 Å². The summed E-state index contributed by atoms with van der Waals surface area (Å²) < 4.78 is 6.56. The molecule has 7 heteroatoms. The van der Waals surface area contributed by atoms with Crippen LogP contribution in [0.15, 0.2) is 22.8 Å². The Bertz CT molecular complexity index is 577. The summed E-state index contributed by atoms with van der Waals surface area (Å²) in [6.45, 7) is 5.11. The van der Waals surface area contributed by atoms with Crippen molar-refractivity contribution in [1.82, 2.24) is 15.2 Å². The van der Waals surface area contributed by atoms with Gasteiger partial charge in [-0.3, -0.25) is 0 Å². The number of aromatic nitrogens is 1. The van der Waals surface area contributed by atoms with E-state index in [-0.39, 0.29) is 12.1 Å². The number of pyridine rings is 1. The van der Waals surface area contributed by atoms with Crippen LogP contribution in [-0.2, 0) is 4.74 Å². The fourth-order valence-electron chi connectivity index (χ4n) is 4.02. The molecule has 3 aliphatic heterocycles. The first-order valence-corrected chi connectivity index (χ1v) is 9.49. The molecule has 4 heterocycles. The smallest absolute Gasteiger partial charge is 0.317 e. The zero-order valence-electron chi connectivity index (χ0n) is 13.7. The van der Waals surface area contributed by atoms with E-state index >= 15 is 0 Å². The lowest BCUT2D eigenvalue weighted by molar-refractivity contribution is 0.109. The summed E-state index contributed by atoms with van der Waals surface area (Å²) in [4.78, 5) is 21.1. The number of anilines is 1. The van der Waals surface area contributed by atoms with Crippen LogP contribution in [-0.4, -0.2) is 61.3 Å². The average molecular weight is 395 g/mol. The Morgan fingerprint density at radius 2 is 2.08 bits per heavy atom. The van der Waals surface area contributed by atoms with E-state index in [0.29, 0.717) is 18.4 Å². The van der Waals surface area contributed by atoms with E-state index in [1.165, 1.54) is 0 Å². The molecule has 1 aromatic heterocycles. The van der Waals surface area contributed by atoms with Crippen LogP contribution < -0.4 is 10.2 Å². The van der Waals surface area contributed by atoms with E-state index in [0.717, 1.165) is 55.9 Å². The number of carbonyl (C=O) groups excluding carboxylic acids is 1. The van der Waals surface area contributed by atoms with Gasteiger partial charge in [-0.15, -0.1) is 0 Å². The average Bonchev–Trinajstić information content (AvgIpc) is 3.29. The Labute approximate surface area is 150 Å². The molecule has 3 aliphatic rings. The van der Waals surface area contributed by atoms with Gasteiger partial charge in [0.25, 0.3) is 0 Å². The van der Waals surface area contributed by atoms with Gasteiger partial charge in [0.15, 0.2) is 0 Å². The number of hydrogen-bond acceptors (Lipinski definition) is 4. The normalized spacial score (nSPS) is 29.1. The highest BCUT2D eigenvalue weighted by Crippen LogP contribution is 2.33. The second kappa shape index (κ2) is 6.88. The topological polar surface area (TPSA) is 57.7 Å². The zero-order valence-corrected chi connectivity index (χ0v) is 15.2. The molecule has 4 rings (SSSR count). The van der Waals surface area contributed by atoms with Crippen molar-refractivity contribution >= 4 is 27.8 Å². The first-order valence-electron chi connectivity index (χ1n) is 8.70. The molecule has 3 saturated heterocycles. The van der Waals surface area contributed by atoms with Gasteiger partial charge >= 0.3 is 6.03 Å². The highest BCUT2D eigenvalue weighted by Gasteiger charge is 2.42. The van der Waals surface area contributed by atoms with Crippen LogP contribution in [0, 0.1) is 11.8 Å². The summed E-state index contributed by atoms with van der Waals surface area (Å²) >= 11 is 3.42. The van der Waals surface area contributed by atoms with E-state index in [1.54, 1.807) is 0 Å². The molecular formula is C17H23BrN4O2. The number of ether oxygens (including phenoxy) is 1. The molecule has 0 saturated carbocycles. The zero-order chi connectivity index (χ0) is 16.5. The predicted molar refractivity (Wildman–Crippen MR) is 95.1 cm³/mol. The molecule has 3 unspecified atom stereocenters. The lowest BCUT2D eigenvalue weighted by Gasteiger charge is -2.23. The molecular weight excluding hydrogens is 372 g/mol. The second-order valence-electron chi connectivity index (χ2n) is 6.99. The Morgan fingerprint density at radius 3 is 2.71 bits per heavy atom. The van der Waals surface area contributed by atoms with E-state index < -0.39 is 0 Å². The number of likely N-dealkylation sites (tertiary alicyclic amines) is 1. The van der Waals surface area contributed by atoms with Crippen LogP contribution in [0.1, 0.15) is 12.8 Å². The molecule has 0 bridgehead atoms. The van der Waals surface area contributed by atoms with Gasteiger partial charge in [-0.25, -0.2) is 9.78 Å². The Kier molecular flexibility index (Phi) is 4.63. The monoisotopic (exact) mass is 394 g/mol. The number of fused-ring (bicyclic) bond motifs is 1. The molecule has 1 N–H and O–H groups in total. The number of nitrogens with zero attached hydrogens (tertiary/aromatic N) is 3. The van der Waals surface area contributed by atoms with E-state index in [4.69, 9.17) is 4.74 Å². The van der Waals surface area contributed by atoms with Gasteiger partial charge in [0, 0.05) is 61.8 Å². The Hall–Kier alpha value is -1.34. The number of nitrogens with one attached hydrogen (secondary N) is 1. The number of halogens is 1. The summed E-state index contributed by atoms with van der Waals surface area (Å²) in [6.07, 6.45) is 4.21. The lowest BCUT2D eigenvalue weighted by atomic mass is 10.0. The number of amides is 2. The van der Waals surface area contributed by atoms with Gasteiger partial charge < -0.3 is 19.9 Å². The van der Waals surface area contributed by atoms with Gasteiger partial charge in [-0.05, 0) is 40.9 Å². The Balaban J connectivity index is 1.27. The van der Waals surface area contributed by atoms with Crippen LogP contribution in [0.25, 0.3) is 0 Å². The SMILES string of the molecule is O=C(NCC1CCCO1)N1CC2CN(c3ccc(Br)cn3)CC2C1. The molecule has 3 fully saturated rings. The van der Waals surface area contributed by atoms with Crippen molar-refractivity contribution < 1.29 is 9.53 Å². The molecule has 0 spiro atoms. The largest absolute Gasteiger partial charge is 0.376 e. The fourth-order valence-corrected chi connectivity index (χ4v) is 4.25. The molecule has 2 amide bonds. The maximum Gasteiger partial charge on any atom is 0.317 e. The van der Waals surface area contributed by atoms with Gasteiger partial charge in [0.1, 0.15) is 5.82 Å². The first-order chi connectivity index (χ1) is 11.7. The highest BCUT2D eigenvalue weighted by molar-refractivity contribution is 9.10. The third kappa shape index (κ3) is 3.37. The minimum atomic E-state index is 0.0632. The van der Waals surface area contributed by atoms with Gasteiger partial charge in [-0.1, -0.05) is 0 Å². The lowest BCUT2D eigenvalue weighted by Crippen LogP contribution is -2.43. The van der Waals surface area contributed by atoms with Crippen LogP contribution in [0.4, 0.5) is 10.6 Å². The van der Waals surface area contributed by atoms with Crippen LogP contribution in [0.5, 0.6) is 0 Å². The molecule has 3 atom stereocenters. The third-order valence-corrected chi connectivity index (χ3v) is 5.78. The summed E-state index contributed by atoms with van der Waals surface area (Å²) in [5, 5.41) is 3.04. The predicted octanol–water partition coefficient (Wildman–Crippen LogP) is 2.10. The number of urea groups is 1. The fraction of sp³-hybridized carbons (Fsp3) is 0.647. The quantitative estimate of drug-likeness (QED) is 0.852. The number of carbonyl (C=O) groups is 1. The van der Waals surface area contributed by atoms with Crippen molar-refractivity contribution in [2.24, 2.45) is 11.8 Å². The van der Waals surface area contributed by atoms with Crippen LogP contribution in [0.2, 0.25) is 0 Å². The minimum absolute atomic E-state index is 0.0632. The van der Waals surface area contributed by atoms with Crippen molar-refractivity contribution in [2.75, 3.05) is 44.2 Å². The molecule has 0 aromatic carbocycles. The van der Waals surface area contributed by atoms with Crippen molar-refractivity contribution in [3.8, 4) is 0 Å². The van der Waals surface area contributed by atoms with Crippen molar-refractivity contribution in [3.05, 3.63) is 22.8 Å². The summed E-state index contributed by atoms with van der Waals surface area (Å²) in [5.41, 5.74) is 0. The molecule has 130 valence electrons. The van der Waals surface area contributed by atoms with Gasteiger partial charge in [0.2, 0.25) is 0 Å². The van der Waals surface area contributed by atoms with E-state index in [2.05, 4.69) is 37.2 Å². The van der Waals surface area contributed by atoms with Gasteiger partial charge in [0.05, 0.1) is 6.10 Å². The first kappa shape index (κ1) is 16.1. The summed E-state index contributed by atoms with van der Waals surface area (Å²) in [6, 6.07) is 4.14. The standard InChI is InChI=1S/C17H23BrN4O2/c18-14-3-4-16(19-6-14)21-8-12-10-22(11-13(12)9-21)17(23)20-7-15-2-1-5-24-15/h3-4,6,12-13,15H,1-2,5,7-11H2,(H,20,23). The molecule has 0 aliphatic carbocycles. The van der Waals surface area contributed by atoms with E-state index in [9.17, 15) is 4.79 Å². The Morgan fingerprint density at radius 1 is 1.29 bits per heavy atom. The number of rotatable bonds is 3. The maximum absolute atomic E-state index is 12.4. The molecule has 1 aromatic rings. The van der Waals surface area contributed by atoms with E-state index in [1.807, 2.05) is 17.2 Å². The van der Waals surface area contributed by atoms with Gasteiger partial charge in [-0.2, -0.15) is 0 Å². The second-order valence-corrected chi connectivity index (χ2v) is 7.90. The molecule has 24 heavy (non-hydrogen) atoms. The molecule has 0 radical (unpaired) electrons. The maximum atomic E-state index is 12.4. The highest BCUT2D eigenvalue weighted by atomic mass is 79.9. The molecule has 6 nitrogen and oxygen atoms in total. The van der Waals surface area contributed by atoms with Crippen molar-refractivity contribution in [1.29, 1.82) is 0 Å². The third-order valence-electron chi connectivity index (χ3n) is 5.31. The van der Waals surface area contributed by atoms with Crippen LogP contribution in [0.3, 0.4) is 0 Å². The number of hydrogen-bond donors (Lipinski definition) is 1. The summed E-state index contributed by atoms with van der Waals surface area (Å²) in [5.74, 6) is 2.12.